The first kappa shape index (κ1) is 19.2. The van der Waals surface area contributed by atoms with Crippen molar-refractivity contribution in [1.29, 1.82) is 0 Å². The Balaban J connectivity index is 1.76. The number of rotatable bonds is 7. The van der Waals surface area contributed by atoms with Crippen LogP contribution in [0.3, 0.4) is 0 Å². The van der Waals surface area contributed by atoms with Gasteiger partial charge in [-0.1, -0.05) is 30.7 Å². The number of carbonyl (C=O) groups is 1. The summed E-state index contributed by atoms with van der Waals surface area (Å²) in [6.07, 6.45) is 0.583. The van der Waals surface area contributed by atoms with Gasteiger partial charge in [0, 0.05) is 30.6 Å². The zero-order valence-electron chi connectivity index (χ0n) is 13.7. The molecule has 0 spiro atoms. The Hall–Kier alpha value is -1.15. The van der Waals surface area contributed by atoms with Crippen LogP contribution in [0.4, 0.5) is 0 Å². The molecule has 0 aliphatic carbocycles. The predicted octanol–water partition coefficient (Wildman–Crippen LogP) is 1.30. The Morgan fingerprint density at radius 3 is 2.54 bits per heavy atom. The van der Waals surface area contributed by atoms with Crippen molar-refractivity contribution >= 4 is 27.5 Å². The van der Waals surface area contributed by atoms with E-state index in [1.54, 1.807) is 12.1 Å². The molecule has 0 bridgehead atoms. The van der Waals surface area contributed by atoms with Gasteiger partial charge in [0.2, 0.25) is 15.9 Å². The molecule has 2 rings (SSSR count). The number of sulfonamides is 1. The van der Waals surface area contributed by atoms with Gasteiger partial charge >= 0.3 is 0 Å². The minimum absolute atomic E-state index is 0.0909. The summed E-state index contributed by atoms with van der Waals surface area (Å²) in [5.74, 6) is -0.480. The first-order valence-electron chi connectivity index (χ1n) is 7.96. The molecule has 1 aliphatic heterocycles. The van der Waals surface area contributed by atoms with Crippen LogP contribution in [-0.4, -0.2) is 57.2 Å². The van der Waals surface area contributed by atoms with Gasteiger partial charge in [-0.05, 0) is 24.1 Å². The topological polar surface area (TPSA) is 75.7 Å². The number of benzene rings is 1. The highest BCUT2D eigenvalue weighted by molar-refractivity contribution is 7.89. The molecular formula is C16H23ClN2O4S. The smallest absolute Gasteiger partial charge is 0.223 e. The molecule has 1 saturated heterocycles. The highest BCUT2D eigenvalue weighted by atomic mass is 35.5. The second-order valence-corrected chi connectivity index (χ2v) is 8.38. The summed E-state index contributed by atoms with van der Waals surface area (Å²) in [5.41, 5.74) is 1.02. The van der Waals surface area contributed by atoms with Crippen LogP contribution in [0, 0.1) is 5.92 Å². The quantitative estimate of drug-likeness (QED) is 0.780. The van der Waals surface area contributed by atoms with E-state index in [0.717, 1.165) is 5.56 Å². The maximum Gasteiger partial charge on any atom is 0.223 e. The highest BCUT2D eigenvalue weighted by Crippen LogP contribution is 2.13. The van der Waals surface area contributed by atoms with Crippen molar-refractivity contribution in [1.82, 2.24) is 9.62 Å². The lowest BCUT2D eigenvalue weighted by molar-refractivity contribution is -0.124. The monoisotopic (exact) mass is 374 g/mol. The van der Waals surface area contributed by atoms with Gasteiger partial charge in [-0.2, -0.15) is 4.31 Å². The summed E-state index contributed by atoms with van der Waals surface area (Å²) in [6.45, 7) is 3.53. The van der Waals surface area contributed by atoms with Crippen LogP contribution < -0.4 is 5.32 Å². The molecule has 0 radical (unpaired) electrons. The molecule has 0 saturated carbocycles. The first-order chi connectivity index (χ1) is 11.4. The number of morpholine rings is 1. The number of nitrogens with one attached hydrogen (secondary N) is 1. The number of ether oxygens (including phenoxy) is 1. The standard InChI is InChI=1S/C16H23ClN2O4S/c1-13(12-14-2-4-15(17)5-3-14)16(20)18-6-11-24(21,22)19-7-9-23-10-8-19/h2-5,13H,6-12H2,1H3,(H,18,20). The van der Waals surface area contributed by atoms with Gasteiger partial charge in [-0.15, -0.1) is 0 Å². The van der Waals surface area contributed by atoms with Gasteiger partial charge < -0.3 is 10.1 Å². The second kappa shape index (κ2) is 8.80. The molecular weight excluding hydrogens is 352 g/mol. The average molecular weight is 375 g/mol. The lowest BCUT2D eigenvalue weighted by atomic mass is 10.0. The molecule has 1 heterocycles. The molecule has 0 aromatic heterocycles. The van der Waals surface area contributed by atoms with Crippen molar-refractivity contribution in [3.05, 3.63) is 34.9 Å². The van der Waals surface area contributed by atoms with Crippen LogP contribution in [-0.2, 0) is 26.0 Å². The Morgan fingerprint density at radius 2 is 1.92 bits per heavy atom. The van der Waals surface area contributed by atoms with E-state index >= 15 is 0 Å². The Kier molecular flexibility index (Phi) is 7.03. The van der Waals surface area contributed by atoms with Gasteiger partial charge in [0.05, 0.1) is 19.0 Å². The Bertz CT molecular complexity index is 643. The first-order valence-corrected chi connectivity index (χ1v) is 9.95. The van der Waals surface area contributed by atoms with Crippen LogP contribution in [0.25, 0.3) is 0 Å². The number of hydrogen-bond acceptors (Lipinski definition) is 4. The molecule has 1 aliphatic rings. The van der Waals surface area contributed by atoms with Crippen molar-refractivity contribution in [2.45, 2.75) is 13.3 Å². The molecule has 8 heteroatoms. The van der Waals surface area contributed by atoms with E-state index in [4.69, 9.17) is 16.3 Å². The molecule has 24 heavy (non-hydrogen) atoms. The van der Waals surface area contributed by atoms with Crippen LogP contribution in [0.1, 0.15) is 12.5 Å². The summed E-state index contributed by atoms with van der Waals surface area (Å²) in [6, 6.07) is 7.34. The van der Waals surface area contributed by atoms with E-state index in [1.165, 1.54) is 4.31 Å². The van der Waals surface area contributed by atoms with Gasteiger partial charge in [0.25, 0.3) is 0 Å². The number of halogens is 1. The molecule has 1 aromatic rings. The number of nitrogens with zero attached hydrogens (tertiary/aromatic N) is 1. The highest BCUT2D eigenvalue weighted by Gasteiger charge is 2.24. The summed E-state index contributed by atoms with van der Waals surface area (Å²) < 4.78 is 30.9. The fourth-order valence-corrected chi connectivity index (χ4v) is 3.95. The summed E-state index contributed by atoms with van der Waals surface area (Å²) in [7, 11) is -3.34. The van der Waals surface area contributed by atoms with Gasteiger partial charge in [-0.3, -0.25) is 4.79 Å². The van der Waals surface area contributed by atoms with E-state index in [-0.39, 0.29) is 24.1 Å². The molecule has 1 unspecified atom stereocenters. The summed E-state index contributed by atoms with van der Waals surface area (Å²) >= 11 is 5.84. The third kappa shape index (κ3) is 5.73. The predicted molar refractivity (Wildman–Crippen MR) is 93.5 cm³/mol. The third-order valence-corrected chi connectivity index (χ3v) is 6.05. The average Bonchev–Trinajstić information content (AvgIpc) is 2.57. The molecule has 1 amide bonds. The lowest BCUT2D eigenvalue weighted by Gasteiger charge is -2.26. The summed E-state index contributed by atoms with van der Waals surface area (Å²) in [5, 5.41) is 3.36. The molecule has 1 aromatic carbocycles. The van der Waals surface area contributed by atoms with Crippen molar-refractivity contribution in [2.24, 2.45) is 5.92 Å². The zero-order chi connectivity index (χ0) is 17.6. The normalized spacial score (nSPS) is 17.4. The molecule has 6 nitrogen and oxygen atoms in total. The van der Waals surface area contributed by atoms with Crippen molar-refractivity contribution in [2.75, 3.05) is 38.6 Å². The fourth-order valence-electron chi connectivity index (χ4n) is 2.50. The van der Waals surface area contributed by atoms with E-state index in [1.807, 2.05) is 19.1 Å². The van der Waals surface area contributed by atoms with Crippen molar-refractivity contribution < 1.29 is 17.9 Å². The third-order valence-electron chi connectivity index (χ3n) is 3.93. The second-order valence-electron chi connectivity index (χ2n) is 5.85. The van der Waals surface area contributed by atoms with E-state index in [2.05, 4.69) is 5.32 Å². The van der Waals surface area contributed by atoms with Crippen LogP contribution in [0.15, 0.2) is 24.3 Å². The van der Waals surface area contributed by atoms with Crippen LogP contribution in [0.2, 0.25) is 5.02 Å². The van der Waals surface area contributed by atoms with Gasteiger partial charge in [0.1, 0.15) is 0 Å². The van der Waals surface area contributed by atoms with E-state index in [0.29, 0.717) is 37.7 Å². The fraction of sp³-hybridized carbons (Fsp3) is 0.562. The van der Waals surface area contributed by atoms with Crippen molar-refractivity contribution in [3.8, 4) is 0 Å². The molecule has 1 N–H and O–H groups in total. The minimum atomic E-state index is -3.34. The van der Waals surface area contributed by atoms with Gasteiger partial charge in [-0.25, -0.2) is 8.42 Å². The maximum atomic E-state index is 12.2. The van der Waals surface area contributed by atoms with Crippen LogP contribution in [0.5, 0.6) is 0 Å². The maximum absolute atomic E-state index is 12.2. The summed E-state index contributed by atoms with van der Waals surface area (Å²) in [4.78, 5) is 12.1. The Labute approximate surface area is 148 Å². The van der Waals surface area contributed by atoms with Crippen molar-refractivity contribution in [3.63, 3.8) is 0 Å². The molecule has 134 valence electrons. The number of carbonyl (C=O) groups excluding carboxylic acids is 1. The number of hydrogen-bond donors (Lipinski definition) is 1. The van der Waals surface area contributed by atoms with E-state index in [9.17, 15) is 13.2 Å². The molecule has 1 atom stereocenters. The zero-order valence-corrected chi connectivity index (χ0v) is 15.3. The molecule has 1 fully saturated rings. The van der Waals surface area contributed by atoms with Crippen LogP contribution >= 0.6 is 11.6 Å². The SMILES string of the molecule is CC(Cc1ccc(Cl)cc1)C(=O)NCCS(=O)(=O)N1CCOCC1. The van der Waals surface area contributed by atoms with Gasteiger partial charge in [0.15, 0.2) is 0 Å². The largest absolute Gasteiger partial charge is 0.379 e. The number of amides is 1. The van der Waals surface area contributed by atoms with E-state index < -0.39 is 10.0 Å². The lowest BCUT2D eigenvalue weighted by Crippen LogP contribution is -2.44. The Morgan fingerprint density at radius 1 is 1.29 bits per heavy atom. The minimum Gasteiger partial charge on any atom is -0.379 e.